The molecule has 8 nitrogen and oxygen atoms in total. The number of nitrogens with one attached hydrogen (secondary N) is 2. The Morgan fingerprint density at radius 2 is 2.00 bits per heavy atom. The van der Waals surface area contributed by atoms with E-state index in [0.29, 0.717) is 33.3 Å². The van der Waals surface area contributed by atoms with Crippen LogP contribution in [0.1, 0.15) is 22.8 Å². The van der Waals surface area contributed by atoms with Crippen molar-refractivity contribution in [3.05, 3.63) is 45.4 Å². The SMILES string of the molecule is CC(=O)NCc1ccc(Cl)c(Nc2nc3cc(C(N)=O)c(OCC(F)F)cc3n2C)c1Cl. The number of amides is 2. The second-order valence-corrected chi connectivity index (χ2v) is 7.61. The number of hydrogen-bond acceptors (Lipinski definition) is 5. The number of benzene rings is 2. The molecule has 12 heteroatoms. The van der Waals surface area contributed by atoms with E-state index in [1.807, 2.05) is 0 Å². The van der Waals surface area contributed by atoms with Crippen LogP contribution in [0.4, 0.5) is 20.4 Å². The number of imidazole rings is 1. The molecule has 170 valence electrons. The monoisotopic (exact) mass is 485 g/mol. The van der Waals surface area contributed by atoms with Crippen LogP contribution in [-0.2, 0) is 18.4 Å². The first-order valence-electron chi connectivity index (χ1n) is 9.28. The molecule has 0 bridgehead atoms. The van der Waals surface area contributed by atoms with Crippen molar-refractivity contribution in [3.63, 3.8) is 0 Å². The van der Waals surface area contributed by atoms with Gasteiger partial charge in [-0.1, -0.05) is 29.3 Å². The molecular formula is C20H19Cl2F2N5O3. The van der Waals surface area contributed by atoms with E-state index < -0.39 is 18.9 Å². The highest BCUT2D eigenvalue weighted by Crippen LogP contribution is 2.36. The quantitative estimate of drug-likeness (QED) is 0.446. The van der Waals surface area contributed by atoms with E-state index in [-0.39, 0.29) is 28.8 Å². The zero-order valence-corrected chi connectivity index (χ0v) is 18.5. The van der Waals surface area contributed by atoms with Crippen molar-refractivity contribution in [1.29, 1.82) is 0 Å². The topological polar surface area (TPSA) is 111 Å². The lowest BCUT2D eigenvalue weighted by Gasteiger charge is -2.14. The molecule has 0 saturated carbocycles. The fourth-order valence-electron chi connectivity index (χ4n) is 2.97. The lowest BCUT2D eigenvalue weighted by Crippen LogP contribution is -2.19. The second kappa shape index (κ2) is 9.58. The van der Waals surface area contributed by atoms with Gasteiger partial charge in [-0.2, -0.15) is 0 Å². The van der Waals surface area contributed by atoms with Crippen molar-refractivity contribution in [1.82, 2.24) is 14.9 Å². The standard InChI is InChI=1S/C20H19Cl2F2N5O3/c1-9(30)26-7-10-3-4-12(21)18(17(10)22)28-20-27-13-5-11(19(25)31)15(32-8-16(23)24)6-14(13)29(20)2/h3-6,16H,7-8H2,1-2H3,(H2,25,31)(H,26,30)(H,27,28). The first-order valence-corrected chi connectivity index (χ1v) is 10.0. The first kappa shape index (κ1) is 23.6. The zero-order chi connectivity index (χ0) is 23.6. The van der Waals surface area contributed by atoms with Gasteiger partial charge >= 0.3 is 0 Å². The Hall–Kier alpha value is -3.11. The van der Waals surface area contributed by atoms with Gasteiger partial charge in [-0.05, 0) is 17.7 Å². The van der Waals surface area contributed by atoms with E-state index in [4.69, 9.17) is 33.7 Å². The number of hydrogen-bond donors (Lipinski definition) is 3. The number of aromatic nitrogens is 2. The predicted octanol–water partition coefficient (Wildman–Crippen LogP) is 4.00. The summed E-state index contributed by atoms with van der Waals surface area (Å²) in [6.45, 7) is 0.707. The summed E-state index contributed by atoms with van der Waals surface area (Å²) in [5, 5.41) is 6.31. The van der Waals surface area contributed by atoms with E-state index in [0.717, 1.165) is 0 Å². The third-order valence-electron chi connectivity index (χ3n) is 4.55. The minimum absolute atomic E-state index is 0.0730. The molecule has 1 heterocycles. The summed E-state index contributed by atoms with van der Waals surface area (Å²) in [4.78, 5) is 27.4. The number of alkyl halides is 2. The Bertz CT molecular complexity index is 1200. The lowest BCUT2D eigenvalue weighted by molar-refractivity contribution is -0.119. The number of halogens is 4. The molecule has 3 rings (SSSR count). The van der Waals surface area contributed by atoms with E-state index >= 15 is 0 Å². The molecule has 0 fully saturated rings. The summed E-state index contributed by atoms with van der Waals surface area (Å²) >= 11 is 12.8. The molecular weight excluding hydrogens is 467 g/mol. The Balaban J connectivity index is 2.01. The third-order valence-corrected chi connectivity index (χ3v) is 5.29. The Morgan fingerprint density at radius 3 is 2.62 bits per heavy atom. The summed E-state index contributed by atoms with van der Waals surface area (Å²) in [5.41, 5.74) is 7.14. The smallest absolute Gasteiger partial charge is 0.272 e. The Labute approximate surface area is 191 Å². The molecule has 32 heavy (non-hydrogen) atoms. The van der Waals surface area contributed by atoms with E-state index in [2.05, 4.69) is 15.6 Å². The number of ether oxygens (including phenoxy) is 1. The minimum Gasteiger partial charge on any atom is -0.487 e. The predicted molar refractivity (Wildman–Crippen MR) is 118 cm³/mol. The van der Waals surface area contributed by atoms with Crippen LogP contribution in [0.3, 0.4) is 0 Å². The summed E-state index contributed by atoms with van der Waals surface area (Å²) in [6, 6.07) is 6.08. The van der Waals surface area contributed by atoms with Crippen molar-refractivity contribution >= 4 is 57.7 Å². The van der Waals surface area contributed by atoms with Crippen molar-refractivity contribution in [3.8, 4) is 5.75 Å². The Kier molecular flexibility index (Phi) is 7.05. The maximum absolute atomic E-state index is 12.6. The van der Waals surface area contributed by atoms with Crippen LogP contribution in [0, 0.1) is 0 Å². The molecule has 1 aromatic heterocycles. The van der Waals surface area contributed by atoms with Crippen LogP contribution in [0.2, 0.25) is 10.0 Å². The van der Waals surface area contributed by atoms with Gasteiger partial charge < -0.3 is 25.7 Å². The van der Waals surface area contributed by atoms with Crippen LogP contribution in [0.5, 0.6) is 5.75 Å². The van der Waals surface area contributed by atoms with Crippen LogP contribution in [-0.4, -0.2) is 34.4 Å². The lowest BCUT2D eigenvalue weighted by atomic mass is 10.1. The number of rotatable bonds is 8. The van der Waals surface area contributed by atoms with Gasteiger partial charge in [0.25, 0.3) is 12.3 Å². The summed E-state index contributed by atoms with van der Waals surface area (Å²) in [7, 11) is 1.67. The maximum atomic E-state index is 12.6. The molecule has 3 aromatic rings. The summed E-state index contributed by atoms with van der Waals surface area (Å²) < 4.78 is 31.8. The van der Waals surface area contributed by atoms with Gasteiger partial charge in [-0.25, -0.2) is 13.8 Å². The number of primary amides is 1. The molecule has 0 aliphatic carbocycles. The van der Waals surface area contributed by atoms with E-state index in [1.165, 1.54) is 19.1 Å². The normalized spacial score (nSPS) is 11.1. The molecule has 0 aliphatic heterocycles. The summed E-state index contributed by atoms with van der Waals surface area (Å²) in [5.74, 6) is -0.820. The van der Waals surface area contributed by atoms with E-state index in [9.17, 15) is 18.4 Å². The van der Waals surface area contributed by atoms with Crippen LogP contribution >= 0.6 is 23.2 Å². The van der Waals surface area contributed by atoms with Crippen molar-refractivity contribution in [2.24, 2.45) is 12.8 Å². The first-order chi connectivity index (χ1) is 15.1. The average molecular weight is 486 g/mol. The highest BCUT2D eigenvalue weighted by molar-refractivity contribution is 6.39. The van der Waals surface area contributed by atoms with Crippen LogP contribution in [0.15, 0.2) is 24.3 Å². The van der Waals surface area contributed by atoms with Gasteiger partial charge in [0.05, 0.1) is 32.3 Å². The fraction of sp³-hybridized carbons (Fsp3) is 0.250. The zero-order valence-electron chi connectivity index (χ0n) is 17.0. The molecule has 0 spiro atoms. The number of anilines is 2. The molecule has 0 atom stereocenters. The number of carbonyl (C=O) groups is 2. The van der Waals surface area contributed by atoms with Gasteiger partial charge in [-0.3, -0.25) is 9.59 Å². The molecule has 0 aliphatic rings. The minimum atomic E-state index is -2.72. The van der Waals surface area contributed by atoms with Gasteiger partial charge in [0.2, 0.25) is 11.9 Å². The van der Waals surface area contributed by atoms with Crippen LogP contribution < -0.4 is 21.1 Å². The molecule has 2 amide bonds. The number of nitrogens with two attached hydrogens (primary N) is 1. The maximum Gasteiger partial charge on any atom is 0.272 e. The number of nitrogens with zero attached hydrogens (tertiary/aromatic N) is 2. The van der Waals surface area contributed by atoms with E-state index in [1.54, 1.807) is 23.7 Å². The second-order valence-electron chi connectivity index (χ2n) is 6.83. The van der Waals surface area contributed by atoms with Gasteiger partial charge in [0.1, 0.15) is 12.4 Å². The Morgan fingerprint density at radius 1 is 1.28 bits per heavy atom. The van der Waals surface area contributed by atoms with Gasteiger partial charge in [0.15, 0.2) is 0 Å². The van der Waals surface area contributed by atoms with Gasteiger partial charge in [0, 0.05) is 26.6 Å². The molecule has 4 N–H and O–H groups in total. The largest absolute Gasteiger partial charge is 0.487 e. The van der Waals surface area contributed by atoms with Crippen molar-refractivity contribution in [2.75, 3.05) is 11.9 Å². The van der Waals surface area contributed by atoms with Crippen molar-refractivity contribution in [2.45, 2.75) is 19.9 Å². The van der Waals surface area contributed by atoms with Gasteiger partial charge in [-0.15, -0.1) is 0 Å². The van der Waals surface area contributed by atoms with Crippen LogP contribution in [0.25, 0.3) is 11.0 Å². The highest BCUT2D eigenvalue weighted by Gasteiger charge is 2.19. The number of fused-ring (bicyclic) bond motifs is 1. The summed E-state index contributed by atoms with van der Waals surface area (Å²) in [6.07, 6.45) is -2.72. The number of carbonyl (C=O) groups excluding carboxylic acids is 2. The molecule has 0 saturated heterocycles. The molecule has 0 radical (unpaired) electrons. The molecule has 0 unspecified atom stereocenters. The highest BCUT2D eigenvalue weighted by atomic mass is 35.5. The average Bonchev–Trinajstić information content (AvgIpc) is 3.02. The molecule has 2 aromatic carbocycles. The van der Waals surface area contributed by atoms with Crippen molar-refractivity contribution < 1.29 is 23.1 Å². The fourth-order valence-corrected chi connectivity index (χ4v) is 3.51. The number of aryl methyl sites for hydroxylation is 1. The third kappa shape index (κ3) is 5.03.